The number of nitrogens with zero attached hydrogens (tertiary/aromatic N) is 2. The number of piperidine rings is 1. The van der Waals surface area contributed by atoms with E-state index in [-0.39, 0.29) is 0 Å². The first-order chi connectivity index (χ1) is 8.38. The Morgan fingerprint density at radius 2 is 2.12 bits per heavy atom. The van der Waals surface area contributed by atoms with Gasteiger partial charge >= 0.3 is 0 Å². The molecule has 0 radical (unpaired) electrons. The monoisotopic (exact) mass is 228 g/mol. The second kappa shape index (κ2) is 6.42. The third-order valence-corrected chi connectivity index (χ3v) is 3.54. The Bertz CT molecular complexity index is 366. The van der Waals surface area contributed by atoms with Gasteiger partial charge in [0.05, 0.1) is 6.07 Å². The molecule has 0 N–H and O–H groups in total. The maximum Gasteiger partial charge on any atom is 0.0625 e. The molecule has 2 rings (SSSR count). The molecule has 0 bridgehead atoms. The third-order valence-electron chi connectivity index (χ3n) is 3.54. The molecular formula is C15H20N2. The van der Waals surface area contributed by atoms with E-state index in [1.807, 2.05) is 0 Å². The van der Waals surface area contributed by atoms with Gasteiger partial charge in [0, 0.05) is 19.5 Å². The van der Waals surface area contributed by atoms with E-state index in [0.29, 0.717) is 5.92 Å². The minimum atomic E-state index is 0.601. The Morgan fingerprint density at radius 3 is 2.88 bits per heavy atom. The van der Waals surface area contributed by atoms with Crippen molar-refractivity contribution in [1.82, 2.24) is 4.90 Å². The van der Waals surface area contributed by atoms with Crippen molar-refractivity contribution in [2.45, 2.75) is 25.7 Å². The van der Waals surface area contributed by atoms with Crippen LogP contribution in [0.4, 0.5) is 0 Å². The zero-order valence-electron chi connectivity index (χ0n) is 10.3. The summed E-state index contributed by atoms with van der Waals surface area (Å²) in [6, 6.07) is 13.0. The van der Waals surface area contributed by atoms with Crippen LogP contribution in [0.1, 0.15) is 24.8 Å². The van der Waals surface area contributed by atoms with Gasteiger partial charge in [-0.15, -0.1) is 0 Å². The standard InChI is InChI=1S/C15H20N2/c16-10-8-15-7-4-11-17(13-15)12-9-14-5-2-1-3-6-14/h1-3,5-6,15H,4,7-9,11-13H2. The van der Waals surface area contributed by atoms with Crippen LogP contribution in [0.2, 0.25) is 0 Å². The highest BCUT2D eigenvalue weighted by Crippen LogP contribution is 2.19. The van der Waals surface area contributed by atoms with Gasteiger partial charge in [-0.2, -0.15) is 5.26 Å². The van der Waals surface area contributed by atoms with Crippen LogP contribution in [-0.4, -0.2) is 24.5 Å². The lowest BCUT2D eigenvalue weighted by Gasteiger charge is -2.31. The van der Waals surface area contributed by atoms with Crippen LogP contribution in [0.5, 0.6) is 0 Å². The van der Waals surface area contributed by atoms with Gasteiger partial charge in [0.2, 0.25) is 0 Å². The van der Waals surface area contributed by atoms with Crippen molar-refractivity contribution in [3.05, 3.63) is 35.9 Å². The van der Waals surface area contributed by atoms with E-state index in [4.69, 9.17) is 5.26 Å². The Hall–Kier alpha value is -1.33. The van der Waals surface area contributed by atoms with Crippen molar-refractivity contribution < 1.29 is 0 Å². The Kier molecular flexibility index (Phi) is 4.58. The van der Waals surface area contributed by atoms with Gasteiger partial charge in [0.25, 0.3) is 0 Å². The molecule has 1 aromatic carbocycles. The number of benzene rings is 1. The van der Waals surface area contributed by atoms with E-state index in [1.54, 1.807) is 0 Å². The van der Waals surface area contributed by atoms with E-state index in [0.717, 1.165) is 25.9 Å². The SMILES string of the molecule is N#CCC1CCCN(CCc2ccccc2)C1. The maximum absolute atomic E-state index is 8.74. The van der Waals surface area contributed by atoms with Crippen molar-refractivity contribution in [1.29, 1.82) is 5.26 Å². The van der Waals surface area contributed by atoms with E-state index in [2.05, 4.69) is 41.3 Å². The molecule has 1 aliphatic heterocycles. The molecule has 1 heterocycles. The molecule has 17 heavy (non-hydrogen) atoms. The van der Waals surface area contributed by atoms with E-state index < -0.39 is 0 Å². The number of likely N-dealkylation sites (tertiary alicyclic amines) is 1. The Morgan fingerprint density at radius 1 is 1.29 bits per heavy atom. The zero-order valence-corrected chi connectivity index (χ0v) is 10.3. The molecule has 0 aliphatic carbocycles. The van der Waals surface area contributed by atoms with E-state index in [1.165, 1.54) is 24.9 Å². The van der Waals surface area contributed by atoms with Crippen molar-refractivity contribution >= 4 is 0 Å². The molecule has 1 aliphatic rings. The summed E-state index contributed by atoms with van der Waals surface area (Å²) in [6.45, 7) is 3.45. The highest BCUT2D eigenvalue weighted by Gasteiger charge is 2.18. The van der Waals surface area contributed by atoms with Crippen LogP contribution in [0.3, 0.4) is 0 Å². The number of hydrogen-bond donors (Lipinski definition) is 0. The van der Waals surface area contributed by atoms with Crippen LogP contribution in [0, 0.1) is 17.2 Å². The van der Waals surface area contributed by atoms with Gasteiger partial charge in [-0.1, -0.05) is 30.3 Å². The summed E-state index contributed by atoms with van der Waals surface area (Å²) in [5.74, 6) is 0.601. The number of rotatable bonds is 4. The smallest absolute Gasteiger partial charge is 0.0625 e. The molecule has 1 unspecified atom stereocenters. The van der Waals surface area contributed by atoms with Gasteiger partial charge in [0.1, 0.15) is 0 Å². The lowest BCUT2D eigenvalue weighted by molar-refractivity contribution is 0.178. The lowest BCUT2D eigenvalue weighted by atomic mass is 9.95. The average Bonchev–Trinajstić information content (AvgIpc) is 2.39. The van der Waals surface area contributed by atoms with Gasteiger partial charge in [-0.25, -0.2) is 0 Å². The van der Waals surface area contributed by atoms with Crippen molar-refractivity contribution in [3.63, 3.8) is 0 Å². The summed E-state index contributed by atoms with van der Waals surface area (Å²) in [5, 5.41) is 8.74. The van der Waals surface area contributed by atoms with Gasteiger partial charge in [0.15, 0.2) is 0 Å². The summed E-state index contributed by atoms with van der Waals surface area (Å²) in [5.41, 5.74) is 1.41. The quantitative estimate of drug-likeness (QED) is 0.792. The summed E-state index contributed by atoms with van der Waals surface area (Å²) >= 11 is 0. The molecule has 2 heteroatoms. The predicted molar refractivity (Wildman–Crippen MR) is 69.5 cm³/mol. The van der Waals surface area contributed by atoms with E-state index in [9.17, 15) is 0 Å². The molecule has 1 saturated heterocycles. The molecule has 1 aromatic rings. The normalized spacial score (nSPS) is 21.0. The van der Waals surface area contributed by atoms with Crippen molar-refractivity contribution in [2.75, 3.05) is 19.6 Å². The Balaban J connectivity index is 1.78. The fraction of sp³-hybridized carbons (Fsp3) is 0.533. The molecule has 0 saturated carbocycles. The minimum absolute atomic E-state index is 0.601. The summed E-state index contributed by atoms with van der Waals surface area (Å²) < 4.78 is 0. The first-order valence-electron chi connectivity index (χ1n) is 6.51. The first kappa shape index (κ1) is 12.1. The zero-order chi connectivity index (χ0) is 11.9. The fourth-order valence-electron chi connectivity index (χ4n) is 2.58. The third kappa shape index (κ3) is 3.87. The Labute approximate surface area is 104 Å². The van der Waals surface area contributed by atoms with Crippen LogP contribution in [0.15, 0.2) is 30.3 Å². The lowest BCUT2D eigenvalue weighted by Crippen LogP contribution is -2.36. The van der Waals surface area contributed by atoms with E-state index >= 15 is 0 Å². The molecule has 1 atom stereocenters. The largest absolute Gasteiger partial charge is 0.303 e. The second-order valence-corrected chi connectivity index (χ2v) is 4.91. The van der Waals surface area contributed by atoms with Gasteiger partial charge < -0.3 is 4.90 Å². The fourth-order valence-corrected chi connectivity index (χ4v) is 2.58. The molecule has 1 fully saturated rings. The first-order valence-corrected chi connectivity index (χ1v) is 6.51. The van der Waals surface area contributed by atoms with Gasteiger partial charge in [-0.3, -0.25) is 0 Å². The molecule has 0 spiro atoms. The van der Waals surface area contributed by atoms with Gasteiger partial charge in [-0.05, 0) is 37.3 Å². The minimum Gasteiger partial charge on any atom is -0.303 e. The molecule has 0 aromatic heterocycles. The van der Waals surface area contributed by atoms with Crippen molar-refractivity contribution in [2.24, 2.45) is 5.92 Å². The summed E-state index contributed by atoms with van der Waals surface area (Å²) in [7, 11) is 0. The second-order valence-electron chi connectivity index (χ2n) is 4.91. The predicted octanol–water partition coefficient (Wildman–Crippen LogP) is 2.85. The molecule has 2 nitrogen and oxygen atoms in total. The van der Waals surface area contributed by atoms with Crippen molar-refractivity contribution in [3.8, 4) is 6.07 Å². The van der Waals surface area contributed by atoms with Crippen LogP contribution < -0.4 is 0 Å². The average molecular weight is 228 g/mol. The highest BCUT2D eigenvalue weighted by molar-refractivity contribution is 5.14. The topological polar surface area (TPSA) is 27.0 Å². The van der Waals surface area contributed by atoms with Crippen LogP contribution in [-0.2, 0) is 6.42 Å². The van der Waals surface area contributed by atoms with Crippen LogP contribution >= 0.6 is 0 Å². The number of nitriles is 1. The summed E-state index contributed by atoms with van der Waals surface area (Å²) in [4.78, 5) is 2.51. The van der Waals surface area contributed by atoms with Crippen LogP contribution in [0.25, 0.3) is 0 Å². The molecule has 0 amide bonds. The molecule has 90 valence electrons. The summed E-state index contributed by atoms with van der Waals surface area (Å²) in [6.07, 6.45) is 4.33. The molecular weight excluding hydrogens is 208 g/mol. The highest BCUT2D eigenvalue weighted by atomic mass is 15.1. The number of hydrogen-bond acceptors (Lipinski definition) is 2. The maximum atomic E-state index is 8.74.